The van der Waals surface area contributed by atoms with Gasteiger partial charge in [0.2, 0.25) is 5.83 Å². The van der Waals surface area contributed by atoms with Crippen LogP contribution in [0.25, 0.3) is 0 Å². The predicted molar refractivity (Wildman–Crippen MR) is 43.3 cm³/mol. The van der Waals surface area contributed by atoms with Crippen LogP contribution in [0.4, 0.5) is 26.3 Å². The van der Waals surface area contributed by atoms with Crippen LogP contribution in [0, 0.1) is 0 Å². The molecular formula is C9H8F6O. The fourth-order valence-electron chi connectivity index (χ4n) is 1.46. The zero-order valence-corrected chi connectivity index (χ0v) is 8.13. The lowest BCUT2D eigenvalue weighted by Gasteiger charge is -2.35. The molecule has 1 aliphatic carbocycles. The first-order valence-electron chi connectivity index (χ1n) is 4.42. The standard InChI is InChI=1S/C9H8F6O/c1-2-3-8(16)6(12)4(10)5(11)7(13)9(8,14)15/h16H,2-3H2,1H3. The summed E-state index contributed by atoms with van der Waals surface area (Å²) in [5.41, 5.74) is -3.66. The molecule has 0 saturated heterocycles. The topological polar surface area (TPSA) is 20.2 Å². The smallest absolute Gasteiger partial charge is 0.336 e. The van der Waals surface area contributed by atoms with Crippen molar-refractivity contribution in [1.29, 1.82) is 0 Å². The van der Waals surface area contributed by atoms with E-state index in [9.17, 15) is 31.4 Å². The molecule has 0 aromatic heterocycles. The average molecular weight is 246 g/mol. The highest BCUT2D eigenvalue weighted by atomic mass is 19.3. The Morgan fingerprint density at radius 2 is 1.44 bits per heavy atom. The Kier molecular flexibility index (Phi) is 3.11. The molecule has 16 heavy (non-hydrogen) atoms. The minimum atomic E-state index is -4.81. The maximum atomic E-state index is 13.1. The van der Waals surface area contributed by atoms with Crippen molar-refractivity contribution < 1.29 is 31.4 Å². The van der Waals surface area contributed by atoms with Crippen LogP contribution in [0.5, 0.6) is 0 Å². The lowest BCUT2D eigenvalue weighted by Crippen LogP contribution is -2.51. The third kappa shape index (κ3) is 1.45. The van der Waals surface area contributed by atoms with E-state index < -0.39 is 41.3 Å². The molecule has 0 fully saturated rings. The lowest BCUT2D eigenvalue weighted by atomic mass is 9.84. The molecule has 0 heterocycles. The van der Waals surface area contributed by atoms with Crippen molar-refractivity contribution in [3.8, 4) is 0 Å². The molecule has 0 radical (unpaired) electrons. The molecule has 7 heteroatoms. The van der Waals surface area contributed by atoms with Gasteiger partial charge in [-0.15, -0.1) is 0 Å². The summed E-state index contributed by atoms with van der Waals surface area (Å²) in [6.07, 6.45) is -1.10. The Labute approximate surface area is 87.1 Å². The SMILES string of the molecule is CCCC1(O)C(F)=C(F)C(F)=C(F)C1(F)F. The van der Waals surface area contributed by atoms with Gasteiger partial charge in [0.05, 0.1) is 0 Å². The highest BCUT2D eigenvalue weighted by Gasteiger charge is 2.64. The van der Waals surface area contributed by atoms with Crippen LogP contribution < -0.4 is 0 Å². The number of allylic oxidation sites excluding steroid dienone is 2. The van der Waals surface area contributed by atoms with Crippen LogP contribution in [-0.2, 0) is 0 Å². The van der Waals surface area contributed by atoms with Crippen LogP contribution in [0.1, 0.15) is 19.8 Å². The summed E-state index contributed by atoms with van der Waals surface area (Å²) in [4.78, 5) is 0. The number of hydrogen-bond donors (Lipinski definition) is 1. The molecule has 0 saturated carbocycles. The molecule has 0 aliphatic heterocycles. The van der Waals surface area contributed by atoms with Crippen molar-refractivity contribution >= 4 is 0 Å². The largest absolute Gasteiger partial charge is 0.376 e. The molecule has 0 amide bonds. The number of hydrogen-bond acceptors (Lipinski definition) is 1. The first kappa shape index (κ1) is 13.1. The van der Waals surface area contributed by atoms with Gasteiger partial charge >= 0.3 is 5.92 Å². The monoisotopic (exact) mass is 246 g/mol. The fourth-order valence-corrected chi connectivity index (χ4v) is 1.46. The second-order valence-electron chi connectivity index (χ2n) is 3.44. The number of alkyl halides is 2. The second-order valence-corrected chi connectivity index (χ2v) is 3.44. The minimum absolute atomic E-state index is 0.165. The predicted octanol–water partition coefficient (Wildman–Crippen LogP) is 3.47. The highest BCUT2D eigenvalue weighted by Crippen LogP contribution is 2.51. The average Bonchev–Trinajstić information content (AvgIpc) is 2.23. The fraction of sp³-hybridized carbons (Fsp3) is 0.556. The van der Waals surface area contributed by atoms with Gasteiger partial charge in [-0.05, 0) is 6.42 Å². The van der Waals surface area contributed by atoms with E-state index in [4.69, 9.17) is 0 Å². The summed E-state index contributed by atoms with van der Waals surface area (Å²) in [6, 6.07) is 0. The summed E-state index contributed by atoms with van der Waals surface area (Å²) < 4.78 is 77.4. The van der Waals surface area contributed by atoms with Crippen LogP contribution in [0.3, 0.4) is 0 Å². The maximum Gasteiger partial charge on any atom is 0.336 e. The number of halogens is 6. The Hall–Kier alpha value is -0.980. The van der Waals surface area contributed by atoms with E-state index in [1.165, 1.54) is 6.92 Å². The first-order valence-corrected chi connectivity index (χ1v) is 4.42. The Morgan fingerprint density at radius 3 is 1.88 bits per heavy atom. The van der Waals surface area contributed by atoms with Crippen molar-refractivity contribution in [2.24, 2.45) is 0 Å². The van der Waals surface area contributed by atoms with Gasteiger partial charge in [-0.1, -0.05) is 13.3 Å². The van der Waals surface area contributed by atoms with Crippen LogP contribution in [-0.4, -0.2) is 16.6 Å². The molecule has 1 N–H and O–H groups in total. The van der Waals surface area contributed by atoms with Crippen molar-refractivity contribution in [2.45, 2.75) is 31.3 Å². The lowest BCUT2D eigenvalue weighted by molar-refractivity contribution is -0.164. The summed E-state index contributed by atoms with van der Waals surface area (Å²) in [7, 11) is 0. The van der Waals surface area contributed by atoms with Gasteiger partial charge in [0.15, 0.2) is 23.1 Å². The zero-order valence-electron chi connectivity index (χ0n) is 8.13. The molecular weight excluding hydrogens is 238 g/mol. The summed E-state index contributed by atoms with van der Waals surface area (Å²) >= 11 is 0. The highest BCUT2D eigenvalue weighted by molar-refractivity contribution is 5.41. The van der Waals surface area contributed by atoms with Crippen LogP contribution in [0.15, 0.2) is 23.3 Å². The van der Waals surface area contributed by atoms with Gasteiger partial charge in [-0.25, -0.2) is 17.6 Å². The van der Waals surface area contributed by atoms with E-state index in [0.717, 1.165) is 0 Å². The van der Waals surface area contributed by atoms with Crippen molar-refractivity contribution in [3.05, 3.63) is 23.3 Å². The summed E-state index contributed by atoms with van der Waals surface area (Å²) in [6.45, 7) is 1.30. The minimum Gasteiger partial charge on any atom is -0.376 e. The van der Waals surface area contributed by atoms with E-state index >= 15 is 0 Å². The second kappa shape index (κ2) is 3.80. The van der Waals surface area contributed by atoms with Crippen LogP contribution >= 0.6 is 0 Å². The molecule has 1 atom stereocenters. The quantitative estimate of drug-likeness (QED) is 0.739. The molecule has 1 aliphatic rings. The third-order valence-corrected chi connectivity index (χ3v) is 2.35. The molecule has 1 unspecified atom stereocenters. The van der Waals surface area contributed by atoms with Crippen LogP contribution in [0.2, 0.25) is 0 Å². The van der Waals surface area contributed by atoms with E-state index in [1.807, 2.05) is 0 Å². The Bertz CT molecular complexity index is 372. The zero-order chi connectivity index (χ0) is 12.7. The van der Waals surface area contributed by atoms with E-state index in [-0.39, 0.29) is 6.42 Å². The molecule has 0 aromatic rings. The van der Waals surface area contributed by atoms with E-state index in [2.05, 4.69) is 0 Å². The first-order chi connectivity index (χ1) is 7.20. The van der Waals surface area contributed by atoms with Crippen molar-refractivity contribution in [2.75, 3.05) is 0 Å². The van der Waals surface area contributed by atoms with E-state index in [0.29, 0.717) is 0 Å². The van der Waals surface area contributed by atoms with Crippen molar-refractivity contribution in [1.82, 2.24) is 0 Å². The molecule has 92 valence electrons. The number of rotatable bonds is 2. The molecule has 1 nitrogen and oxygen atoms in total. The summed E-state index contributed by atoms with van der Waals surface area (Å²) in [5, 5.41) is 9.26. The van der Waals surface area contributed by atoms with Gasteiger partial charge in [0, 0.05) is 0 Å². The van der Waals surface area contributed by atoms with Crippen molar-refractivity contribution in [3.63, 3.8) is 0 Å². The molecule has 0 spiro atoms. The van der Waals surface area contributed by atoms with Gasteiger partial charge in [-0.3, -0.25) is 0 Å². The van der Waals surface area contributed by atoms with Gasteiger partial charge in [-0.2, -0.15) is 8.78 Å². The Morgan fingerprint density at radius 1 is 1.00 bits per heavy atom. The normalized spacial score (nSPS) is 30.0. The van der Waals surface area contributed by atoms with Gasteiger partial charge < -0.3 is 5.11 Å². The van der Waals surface area contributed by atoms with Gasteiger partial charge in [0.1, 0.15) is 0 Å². The Balaban J connectivity index is 3.43. The number of aliphatic hydroxyl groups is 1. The van der Waals surface area contributed by atoms with E-state index in [1.54, 1.807) is 0 Å². The summed E-state index contributed by atoms with van der Waals surface area (Å²) in [5.74, 6) is -15.0. The van der Waals surface area contributed by atoms with Gasteiger partial charge in [0.25, 0.3) is 0 Å². The third-order valence-electron chi connectivity index (χ3n) is 2.35. The maximum absolute atomic E-state index is 13.1. The molecule has 1 rings (SSSR count). The molecule has 0 bridgehead atoms. The molecule has 0 aromatic carbocycles.